The molecule has 0 saturated carbocycles. The first-order valence-electron chi connectivity index (χ1n) is 8.89. The van der Waals surface area contributed by atoms with Crippen molar-refractivity contribution in [2.45, 2.75) is 32.2 Å². The molecule has 0 amide bonds. The topological polar surface area (TPSA) is 152 Å². The Morgan fingerprint density at radius 1 is 1.07 bits per heavy atom. The number of aliphatic hydroxyl groups excluding tert-OH is 4. The molecule has 0 spiro atoms. The number of aliphatic hydroxyl groups is 4. The molecule has 10 nitrogen and oxygen atoms in total. The average molecular weight is 404 g/mol. The first-order valence-corrected chi connectivity index (χ1v) is 8.89. The molecule has 0 fully saturated rings. The van der Waals surface area contributed by atoms with Crippen molar-refractivity contribution in [3.63, 3.8) is 0 Å². The number of hydrogen-bond acceptors (Lipinski definition) is 8. The zero-order valence-corrected chi connectivity index (χ0v) is 16.1. The van der Waals surface area contributed by atoms with Crippen molar-refractivity contribution < 1.29 is 25.3 Å². The van der Waals surface area contributed by atoms with Crippen LogP contribution in [0.25, 0.3) is 0 Å². The highest BCUT2D eigenvalue weighted by Gasteiger charge is 2.26. The third-order valence-corrected chi connectivity index (χ3v) is 4.43. The van der Waals surface area contributed by atoms with Crippen molar-refractivity contribution in [3.8, 4) is 0 Å². The van der Waals surface area contributed by atoms with Gasteiger partial charge >= 0.3 is 0 Å². The van der Waals surface area contributed by atoms with Crippen LogP contribution in [0.4, 0.5) is 17.1 Å². The Hall–Kier alpha value is -2.92. The molecule has 3 atom stereocenters. The highest BCUT2D eigenvalue weighted by atomic mass is 16.6. The van der Waals surface area contributed by atoms with Gasteiger partial charge in [0.15, 0.2) is 0 Å². The van der Waals surface area contributed by atoms with Crippen LogP contribution in [-0.2, 0) is 0 Å². The first-order chi connectivity index (χ1) is 13.7. The minimum atomic E-state index is -1.60. The lowest BCUT2D eigenvalue weighted by molar-refractivity contribution is -0.384. The van der Waals surface area contributed by atoms with Gasteiger partial charge in [0, 0.05) is 12.1 Å². The van der Waals surface area contributed by atoms with Crippen LogP contribution in [0.15, 0.2) is 52.8 Å². The summed E-state index contributed by atoms with van der Waals surface area (Å²) in [6.07, 6.45) is -4.55. The first kappa shape index (κ1) is 22.4. The van der Waals surface area contributed by atoms with Gasteiger partial charge < -0.3 is 20.4 Å². The van der Waals surface area contributed by atoms with E-state index in [0.717, 1.165) is 11.1 Å². The lowest BCUT2D eigenvalue weighted by Gasteiger charge is -2.26. The summed E-state index contributed by atoms with van der Waals surface area (Å²) in [4.78, 5) is 10.4. The molecule has 0 aliphatic carbocycles. The van der Waals surface area contributed by atoms with E-state index >= 15 is 0 Å². The van der Waals surface area contributed by atoms with Crippen LogP contribution < -0.4 is 5.01 Å². The van der Waals surface area contributed by atoms with Gasteiger partial charge in [-0.2, -0.15) is 0 Å². The summed E-state index contributed by atoms with van der Waals surface area (Å²) < 4.78 is 0. The SMILES string of the molecule is Cc1ccc(N(C[C@@H](O)[C@H](O)[C@H](O)CO)N=Nc2cccc([N+](=O)[O-])c2)cc1C. The van der Waals surface area contributed by atoms with Gasteiger partial charge in [0.25, 0.3) is 5.69 Å². The van der Waals surface area contributed by atoms with Crippen LogP contribution in [-0.4, -0.2) is 56.8 Å². The highest BCUT2D eigenvalue weighted by molar-refractivity contribution is 5.50. The molecule has 10 heteroatoms. The van der Waals surface area contributed by atoms with E-state index in [9.17, 15) is 25.4 Å². The predicted octanol–water partition coefficient (Wildman–Crippen LogP) is 1.79. The molecule has 0 bridgehead atoms. The van der Waals surface area contributed by atoms with Crippen molar-refractivity contribution in [1.82, 2.24) is 0 Å². The van der Waals surface area contributed by atoms with E-state index in [1.54, 1.807) is 6.07 Å². The van der Waals surface area contributed by atoms with Crippen LogP contribution >= 0.6 is 0 Å². The Bertz CT molecular complexity index is 876. The van der Waals surface area contributed by atoms with Crippen molar-refractivity contribution in [2.24, 2.45) is 10.3 Å². The smallest absolute Gasteiger partial charge is 0.271 e. The van der Waals surface area contributed by atoms with Gasteiger partial charge in [-0.1, -0.05) is 17.4 Å². The van der Waals surface area contributed by atoms with Crippen molar-refractivity contribution >= 4 is 17.1 Å². The van der Waals surface area contributed by atoms with Gasteiger partial charge in [0.05, 0.1) is 29.4 Å². The number of hydrogen-bond donors (Lipinski definition) is 4. The third-order valence-electron chi connectivity index (χ3n) is 4.43. The van der Waals surface area contributed by atoms with Gasteiger partial charge in [0.1, 0.15) is 18.3 Å². The highest BCUT2D eigenvalue weighted by Crippen LogP contribution is 2.24. The Morgan fingerprint density at radius 3 is 2.41 bits per heavy atom. The fourth-order valence-corrected chi connectivity index (χ4v) is 2.50. The lowest BCUT2D eigenvalue weighted by Crippen LogP contribution is -2.44. The Labute approximate surface area is 167 Å². The van der Waals surface area contributed by atoms with E-state index in [2.05, 4.69) is 10.3 Å². The van der Waals surface area contributed by atoms with Crippen LogP contribution in [0.5, 0.6) is 0 Å². The number of nitro groups is 1. The van der Waals surface area contributed by atoms with Crippen LogP contribution in [0.1, 0.15) is 11.1 Å². The van der Waals surface area contributed by atoms with Gasteiger partial charge in [-0.15, -0.1) is 5.11 Å². The molecule has 0 aliphatic rings. The molecule has 2 aromatic rings. The number of non-ortho nitro benzene ring substituents is 1. The molecule has 4 N–H and O–H groups in total. The zero-order chi connectivity index (χ0) is 21.6. The second kappa shape index (κ2) is 10.0. The number of aryl methyl sites for hydroxylation is 2. The quantitative estimate of drug-likeness (QED) is 0.282. The molecular weight excluding hydrogens is 380 g/mol. The minimum Gasteiger partial charge on any atom is -0.394 e. The molecule has 2 rings (SSSR count). The maximum absolute atomic E-state index is 10.9. The van der Waals surface area contributed by atoms with Gasteiger partial charge in [-0.05, 0) is 43.2 Å². The summed E-state index contributed by atoms with van der Waals surface area (Å²) >= 11 is 0. The Kier molecular flexibility index (Phi) is 7.74. The summed E-state index contributed by atoms with van der Waals surface area (Å²) in [6, 6.07) is 11.0. The van der Waals surface area contributed by atoms with E-state index in [1.807, 2.05) is 26.0 Å². The normalized spacial score (nSPS) is 14.6. The predicted molar refractivity (Wildman–Crippen MR) is 106 cm³/mol. The average Bonchev–Trinajstić information content (AvgIpc) is 2.71. The molecule has 0 saturated heterocycles. The second-order valence-electron chi connectivity index (χ2n) is 6.62. The molecule has 29 heavy (non-hydrogen) atoms. The number of rotatable bonds is 9. The number of nitro benzene ring substituents is 1. The fourth-order valence-electron chi connectivity index (χ4n) is 2.50. The lowest BCUT2D eigenvalue weighted by atomic mass is 10.1. The molecule has 0 heterocycles. The zero-order valence-electron chi connectivity index (χ0n) is 16.1. The van der Waals surface area contributed by atoms with Crippen molar-refractivity contribution in [2.75, 3.05) is 18.2 Å². The van der Waals surface area contributed by atoms with Crippen LogP contribution in [0.3, 0.4) is 0 Å². The number of benzene rings is 2. The van der Waals surface area contributed by atoms with Gasteiger partial charge in [-0.25, -0.2) is 5.01 Å². The summed E-state index contributed by atoms with van der Waals surface area (Å²) in [5.41, 5.74) is 2.66. The van der Waals surface area contributed by atoms with Crippen LogP contribution in [0, 0.1) is 24.0 Å². The summed E-state index contributed by atoms with van der Waals surface area (Å²) in [5.74, 6) is 0. The maximum atomic E-state index is 10.9. The molecule has 156 valence electrons. The van der Waals surface area contributed by atoms with E-state index in [0.29, 0.717) is 5.69 Å². The Morgan fingerprint density at radius 2 is 1.79 bits per heavy atom. The van der Waals surface area contributed by atoms with Gasteiger partial charge in [-0.3, -0.25) is 10.1 Å². The van der Waals surface area contributed by atoms with Crippen LogP contribution in [0.2, 0.25) is 0 Å². The summed E-state index contributed by atoms with van der Waals surface area (Å²) in [5, 5.41) is 59.0. The minimum absolute atomic E-state index is 0.138. The standard InChI is InChI=1S/C19H24N4O6/c1-12-6-7-15(8-13(12)2)22(10-17(25)19(27)18(26)11-24)21-20-14-4-3-5-16(9-14)23(28)29/h3-9,17-19,24-27H,10-11H2,1-2H3/t17-,18-,19+/m1/s1. The second-order valence-corrected chi connectivity index (χ2v) is 6.62. The summed E-state index contributed by atoms with van der Waals surface area (Å²) in [6.45, 7) is 2.88. The summed E-state index contributed by atoms with van der Waals surface area (Å²) in [7, 11) is 0. The van der Waals surface area contributed by atoms with Crippen molar-refractivity contribution in [3.05, 3.63) is 63.7 Å². The van der Waals surface area contributed by atoms with E-state index in [1.165, 1.54) is 29.3 Å². The van der Waals surface area contributed by atoms with Gasteiger partial charge in [0.2, 0.25) is 0 Å². The molecule has 0 unspecified atom stereocenters. The number of nitrogens with zero attached hydrogens (tertiary/aromatic N) is 4. The maximum Gasteiger partial charge on any atom is 0.271 e. The molecule has 2 aromatic carbocycles. The van der Waals surface area contributed by atoms with E-state index in [4.69, 9.17) is 5.11 Å². The molecule has 0 aliphatic heterocycles. The van der Waals surface area contributed by atoms with E-state index < -0.39 is 29.8 Å². The molecule has 0 aromatic heterocycles. The number of anilines is 1. The third kappa shape index (κ3) is 6.03. The molecule has 0 radical (unpaired) electrons. The fraction of sp³-hybridized carbons (Fsp3) is 0.368. The monoisotopic (exact) mass is 404 g/mol. The van der Waals surface area contributed by atoms with E-state index in [-0.39, 0.29) is 17.9 Å². The largest absolute Gasteiger partial charge is 0.394 e. The van der Waals surface area contributed by atoms with Crippen molar-refractivity contribution in [1.29, 1.82) is 0 Å². The molecular formula is C19H24N4O6. The Balaban J connectivity index is 2.32.